The number of thiazole rings is 1. The van der Waals surface area contributed by atoms with Gasteiger partial charge in [0.1, 0.15) is 35.2 Å². The first-order chi connectivity index (χ1) is 15.8. The van der Waals surface area contributed by atoms with Crippen LogP contribution in [0.1, 0.15) is 11.3 Å². The van der Waals surface area contributed by atoms with Crippen LogP contribution in [-0.2, 0) is 25.8 Å². The molecule has 2 unspecified atom stereocenters. The van der Waals surface area contributed by atoms with Gasteiger partial charge in [0.25, 0.3) is 11.8 Å². The molecule has 5 N–H and O–H groups in total. The maximum atomic E-state index is 13.0. The number of β-lactam (4-membered cyclic amide) rings is 1. The van der Waals surface area contributed by atoms with E-state index in [-0.39, 0.29) is 34.6 Å². The molecule has 0 spiro atoms. The van der Waals surface area contributed by atoms with Crippen molar-refractivity contribution in [2.24, 2.45) is 5.16 Å². The minimum atomic E-state index is -1.20. The Morgan fingerprint density at radius 1 is 1.42 bits per heavy atom. The van der Waals surface area contributed by atoms with Gasteiger partial charge in [-0.2, -0.15) is 0 Å². The number of halogens is 1. The van der Waals surface area contributed by atoms with Gasteiger partial charge in [-0.3, -0.25) is 14.5 Å². The molecule has 11 nitrogen and oxygen atoms in total. The summed E-state index contributed by atoms with van der Waals surface area (Å²) >= 11 is 5.63. The highest BCUT2D eigenvalue weighted by atomic mass is 79.9. The Morgan fingerprint density at radius 2 is 2.21 bits per heavy atom. The molecule has 3 heterocycles. The fraction of sp³-hybridized carbons (Fsp3) is 0.211. The van der Waals surface area contributed by atoms with Gasteiger partial charge in [0.2, 0.25) is 0 Å². The van der Waals surface area contributed by atoms with Crippen molar-refractivity contribution < 1.29 is 29.4 Å². The van der Waals surface area contributed by atoms with Crippen molar-refractivity contribution in [1.82, 2.24) is 15.2 Å². The predicted octanol–water partition coefficient (Wildman–Crippen LogP) is 1.48. The van der Waals surface area contributed by atoms with Crippen LogP contribution in [-0.4, -0.2) is 60.8 Å². The number of nitrogens with one attached hydrogen (secondary N) is 1. The second kappa shape index (κ2) is 9.41. The molecule has 14 heteroatoms. The summed E-state index contributed by atoms with van der Waals surface area (Å²) in [5.41, 5.74) is 6.16. The Labute approximate surface area is 203 Å². The van der Waals surface area contributed by atoms with Crippen LogP contribution in [0.4, 0.5) is 5.13 Å². The Bertz CT molecular complexity index is 1200. The number of fused-ring (bicyclic) bond motifs is 1. The normalized spacial score (nSPS) is 19.9. The second-order valence-corrected chi connectivity index (χ2v) is 9.74. The zero-order valence-corrected chi connectivity index (χ0v) is 19.8. The number of phenolic OH excluding ortho intramolecular Hbond substituents is 1. The van der Waals surface area contributed by atoms with Crippen LogP contribution in [0.5, 0.6) is 5.75 Å². The molecule has 2 aliphatic heterocycles. The fourth-order valence-corrected chi connectivity index (χ4v) is 5.16. The van der Waals surface area contributed by atoms with Crippen molar-refractivity contribution in [3.8, 4) is 5.75 Å². The number of anilines is 1. The van der Waals surface area contributed by atoms with E-state index in [1.165, 1.54) is 29.3 Å². The van der Waals surface area contributed by atoms with E-state index in [4.69, 9.17) is 10.6 Å². The van der Waals surface area contributed by atoms with Gasteiger partial charge in [0.05, 0.1) is 4.47 Å². The summed E-state index contributed by atoms with van der Waals surface area (Å²) in [6, 6.07) is 3.91. The van der Waals surface area contributed by atoms with Crippen LogP contribution < -0.4 is 11.1 Å². The van der Waals surface area contributed by atoms with Gasteiger partial charge in [-0.25, -0.2) is 9.78 Å². The lowest BCUT2D eigenvalue weighted by Gasteiger charge is -2.48. The van der Waals surface area contributed by atoms with Crippen molar-refractivity contribution >= 4 is 67.7 Å². The third kappa shape index (κ3) is 4.67. The van der Waals surface area contributed by atoms with Crippen molar-refractivity contribution in [1.29, 1.82) is 0 Å². The van der Waals surface area contributed by atoms with E-state index in [1.807, 2.05) is 0 Å². The molecule has 0 radical (unpaired) electrons. The monoisotopic (exact) mass is 553 g/mol. The molecule has 2 aliphatic rings. The minimum absolute atomic E-state index is 0.0260. The molecule has 2 atom stereocenters. The summed E-state index contributed by atoms with van der Waals surface area (Å²) in [5, 5.41) is 26.8. The van der Waals surface area contributed by atoms with Crippen LogP contribution in [0.15, 0.2) is 45.0 Å². The molecule has 1 saturated heterocycles. The van der Waals surface area contributed by atoms with Crippen LogP contribution in [0.2, 0.25) is 0 Å². The lowest BCUT2D eigenvalue weighted by molar-refractivity contribution is -0.150. The molecule has 1 fully saturated rings. The molecule has 4 rings (SSSR count). The first-order valence-electron chi connectivity index (χ1n) is 9.34. The van der Waals surface area contributed by atoms with Gasteiger partial charge in [0, 0.05) is 11.1 Å². The summed E-state index contributed by atoms with van der Waals surface area (Å²) in [5.74, 6) is -2.03. The quantitative estimate of drug-likeness (QED) is 0.225. The number of nitrogen functional groups attached to an aromatic ring is 1. The predicted molar refractivity (Wildman–Crippen MR) is 124 cm³/mol. The molecular formula is C19H16BrN5O6S2. The van der Waals surface area contributed by atoms with Crippen molar-refractivity contribution in [3.05, 3.63) is 51.1 Å². The number of carbonyl (C=O) groups excluding carboxylic acids is 2. The van der Waals surface area contributed by atoms with E-state index in [1.54, 1.807) is 12.1 Å². The van der Waals surface area contributed by atoms with Crippen molar-refractivity contribution in [2.75, 3.05) is 11.5 Å². The number of carbonyl (C=O) groups is 3. The number of hydrogen-bond donors (Lipinski definition) is 4. The van der Waals surface area contributed by atoms with Crippen LogP contribution >= 0.6 is 39.0 Å². The molecule has 172 valence electrons. The summed E-state index contributed by atoms with van der Waals surface area (Å²) in [6.45, 7) is -0.0430. The molecular weight excluding hydrogens is 538 g/mol. The lowest BCUT2D eigenvalue weighted by atomic mass is 10.0. The number of amides is 2. The molecule has 2 amide bonds. The number of carboxylic acids is 1. The number of oxime groups is 1. The summed E-state index contributed by atoms with van der Waals surface area (Å²) in [7, 11) is 0. The smallest absolute Gasteiger partial charge is 0.352 e. The number of phenols is 1. The fourth-order valence-electron chi connectivity index (χ4n) is 3.17. The zero-order chi connectivity index (χ0) is 23.7. The summed E-state index contributed by atoms with van der Waals surface area (Å²) in [6.07, 6.45) is 1.46. The van der Waals surface area contributed by atoms with Crippen LogP contribution in [0.3, 0.4) is 0 Å². The average Bonchev–Trinajstić information content (AvgIpc) is 3.22. The topological polar surface area (TPSA) is 167 Å². The number of rotatable bonds is 7. The molecule has 33 heavy (non-hydrogen) atoms. The number of carboxylic acid groups (broad SMARTS) is 1. The summed E-state index contributed by atoms with van der Waals surface area (Å²) < 4.78 is 0.522. The SMILES string of the molecule is Nc1nc(/C(=N\OCc2ccc(Br)c(O)c2)C(=O)NC2C(=O)N3C(C(=O)O)=CCSC23)cs1. The van der Waals surface area contributed by atoms with Gasteiger partial charge in [-0.05, 0) is 39.7 Å². The zero-order valence-electron chi connectivity index (χ0n) is 16.6. The van der Waals surface area contributed by atoms with Gasteiger partial charge < -0.3 is 26.1 Å². The van der Waals surface area contributed by atoms with Gasteiger partial charge in [-0.1, -0.05) is 11.2 Å². The number of benzene rings is 1. The molecule has 1 aromatic carbocycles. The van der Waals surface area contributed by atoms with Crippen LogP contribution in [0.25, 0.3) is 0 Å². The number of thioether (sulfide) groups is 1. The van der Waals surface area contributed by atoms with Gasteiger partial charge in [-0.15, -0.1) is 23.1 Å². The minimum Gasteiger partial charge on any atom is -0.507 e. The Morgan fingerprint density at radius 3 is 2.88 bits per heavy atom. The van der Waals surface area contributed by atoms with E-state index < -0.39 is 29.2 Å². The number of hydrogen-bond acceptors (Lipinski definition) is 10. The van der Waals surface area contributed by atoms with Crippen molar-refractivity contribution in [2.45, 2.75) is 18.0 Å². The van der Waals surface area contributed by atoms with Gasteiger partial charge in [0.15, 0.2) is 10.8 Å². The van der Waals surface area contributed by atoms with Crippen LogP contribution in [0, 0.1) is 0 Å². The third-order valence-electron chi connectivity index (χ3n) is 4.73. The number of aromatic nitrogens is 1. The number of aliphatic carboxylic acids is 1. The second-order valence-electron chi connectivity index (χ2n) is 6.85. The highest BCUT2D eigenvalue weighted by Gasteiger charge is 2.53. The maximum absolute atomic E-state index is 13.0. The number of nitrogens with two attached hydrogens (primary N) is 1. The number of aromatic hydroxyl groups is 1. The third-order valence-corrected chi connectivity index (χ3v) is 7.26. The van der Waals surface area contributed by atoms with Gasteiger partial charge >= 0.3 is 5.97 Å². The Balaban J connectivity index is 1.49. The van der Waals surface area contributed by atoms with E-state index in [2.05, 4.69) is 31.4 Å². The first kappa shape index (κ1) is 23.1. The largest absolute Gasteiger partial charge is 0.507 e. The first-order valence-corrected chi connectivity index (χ1v) is 12.1. The highest BCUT2D eigenvalue weighted by Crippen LogP contribution is 2.37. The molecule has 0 bridgehead atoms. The van der Waals surface area contributed by atoms with E-state index in [0.717, 1.165) is 16.2 Å². The molecule has 2 aromatic rings. The average molecular weight is 554 g/mol. The molecule has 1 aromatic heterocycles. The number of nitrogens with zero attached hydrogens (tertiary/aromatic N) is 3. The van der Waals surface area contributed by atoms with E-state index in [9.17, 15) is 24.6 Å². The van der Waals surface area contributed by atoms with Crippen molar-refractivity contribution in [3.63, 3.8) is 0 Å². The van der Waals surface area contributed by atoms with E-state index in [0.29, 0.717) is 15.8 Å². The maximum Gasteiger partial charge on any atom is 0.352 e. The highest BCUT2D eigenvalue weighted by molar-refractivity contribution is 9.10. The van der Waals surface area contributed by atoms with E-state index >= 15 is 0 Å². The summed E-state index contributed by atoms with van der Waals surface area (Å²) in [4.78, 5) is 47.4. The molecule has 0 saturated carbocycles. The lowest BCUT2D eigenvalue weighted by Crippen LogP contribution is -2.70. The Hall–Kier alpha value is -3.10. The standard InChI is InChI=1S/C19H16BrN5O6S2/c20-9-2-1-8(5-12(9)26)6-31-24-13(10-7-33-19(21)22-10)15(27)23-14-16(28)25-11(18(29)30)3-4-32-17(14)25/h1-3,5,7,14,17,26H,4,6H2,(H2,21,22)(H,23,27)(H,29,30)/b24-13+. The molecule has 0 aliphatic carbocycles. The Kier molecular flexibility index (Phi) is 6.58.